The highest BCUT2D eigenvalue weighted by Crippen LogP contribution is 2.42. The van der Waals surface area contributed by atoms with Crippen LogP contribution in [0.15, 0.2) is 61.2 Å². The molecule has 4 rings (SSSR count). The molecule has 1 aromatic heterocycles. The zero-order valence-electron chi connectivity index (χ0n) is 24.1. The molecule has 2 aromatic rings. The lowest BCUT2D eigenvalue weighted by Crippen LogP contribution is -2.51. The average molecular weight is 579 g/mol. The molecule has 218 valence electrons. The summed E-state index contributed by atoms with van der Waals surface area (Å²) in [4.78, 5) is 36.6. The van der Waals surface area contributed by atoms with E-state index in [-0.39, 0.29) is 30.4 Å². The molecule has 0 saturated carbocycles. The second-order valence-electron chi connectivity index (χ2n) is 10.5. The number of hydrogen-bond donors (Lipinski definition) is 2. The van der Waals surface area contributed by atoms with E-state index in [1.807, 2.05) is 62.2 Å². The van der Waals surface area contributed by atoms with Crippen molar-refractivity contribution in [2.45, 2.75) is 25.9 Å². The maximum atomic E-state index is 12.9. The SMILES string of the molecule is C=CN(C)/C(=C\N)[C@H](NC(=O)COC)C1=Cc2cccnc2[C@@H](N2CCN(C(=O)C(C)C)CC2)c2ccc(Cl)cc21. The summed E-state index contributed by atoms with van der Waals surface area (Å²) < 4.78 is 5.12. The Morgan fingerprint density at radius 3 is 2.63 bits per heavy atom. The molecule has 2 atom stereocenters. The second-order valence-corrected chi connectivity index (χ2v) is 11.0. The number of pyridine rings is 1. The van der Waals surface area contributed by atoms with Crippen LogP contribution in [-0.2, 0) is 14.3 Å². The lowest BCUT2D eigenvalue weighted by atomic mass is 9.89. The molecule has 1 fully saturated rings. The van der Waals surface area contributed by atoms with Gasteiger partial charge in [-0.15, -0.1) is 0 Å². The number of carbonyl (C=O) groups excluding carboxylic acids is 2. The molecule has 0 unspecified atom stereocenters. The molecule has 10 heteroatoms. The third-order valence-corrected chi connectivity index (χ3v) is 7.82. The van der Waals surface area contributed by atoms with E-state index in [2.05, 4.69) is 16.8 Å². The average Bonchev–Trinajstić information content (AvgIpc) is 3.11. The minimum Gasteiger partial charge on any atom is -0.403 e. The van der Waals surface area contributed by atoms with Gasteiger partial charge in [0.25, 0.3) is 0 Å². The molecule has 3 N–H and O–H groups in total. The van der Waals surface area contributed by atoms with Crippen molar-refractivity contribution in [3.05, 3.63) is 88.6 Å². The Morgan fingerprint density at radius 2 is 2.00 bits per heavy atom. The van der Waals surface area contributed by atoms with Crippen LogP contribution in [0.5, 0.6) is 0 Å². The van der Waals surface area contributed by atoms with Gasteiger partial charge in [0.15, 0.2) is 0 Å². The zero-order chi connectivity index (χ0) is 29.7. The number of nitrogens with two attached hydrogens (primary N) is 1. The fourth-order valence-corrected chi connectivity index (χ4v) is 5.70. The van der Waals surface area contributed by atoms with Gasteiger partial charge in [-0.3, -0.25) is 19.5 Å². The summed E-state index contributed by atoms with van der Waals surface area (Å²) in [6.45, 7) is 10.3. The van der Waals surface area contributed by atoms with Gasteiger partial charge in [0.2, 0.25) is 11.8 Å². The Bertz CT molecular complexity index is 1350. The first-order valence-corrected chi connectivity index (χ1v) is 14.1. The van der Waals surface area contributed by atoms with Crippen LogP contribution in [0.2, 0.25) is 5.02 Å². The van der Waals surface area contributed by atoms with Crippen molar-refractivity contribution in [3.8, 4) is 0 Å². The first-order chi connectivity index (χ1) is 19.7. The van der Waals surface area contributed by atoms with Crippen molar-refractivity contribution in [2.24, 2.45) is 11.7 Å². The van der Waals surface area contributed by atoms with Gasteiger partial charge in [-0.1, -0.05) is 44.2 Å². The first-order valence-electron chi connectivity index (χ1n) is 13.7. The largest absolute Gasteiger partial charge is 0.403 e. The molecular weight excluding hydrogens is 540 g/mol. The summed E-state index contributed by atoms with van der Waals surface area (Å²) in [5.41, 5.74) is 11.3. The highest BCUT2D eigenvalue weighted by molar-refractivity contribution is 6.30. The molecule has 1 saturated heterocycles. The number of methoxy groups -OCH3 is 1. The van der Waals surface area contributed by atoms with E-state index in [1.54, 1.807) is 17.3 Å². The molecule has 41 heavy (non-hydrogen) atoms. The Labute approximate surface area is 247 Å². The summed E-state index contributed by atoms with van der Waals surface area (Å²) in [7, 11) is 3.30. The number of nitrogens with one attached hydrogen (secondary N) is 1. The van der Waals surface area contributed by atoms with E-state index >= 15 is 0 Å². The number of piperazine rings is 1. The molecule has 9 nitrogen and oxygen atoms in total. The number of aromatic nitrogens is 1. The van der Waals surface area contributed by atoms with Crippen molar-refractivity contribution < 1.29 is 14.3 Å². The van der Waals surface area contributed by atoms with E-state index in [9.17, 15) is 9.59 Å². The van der Waals surface area contributed by atoms with Crippen LogP contribution < -0.4 is 11.1 Å². The molecule has 2 aliphatic rings. The van der Waals surface area contributed by atoms with Crippen LogP contribution >= 0.6 is 11.6 Å². The topological polar surface area (TPSA) is 104 Å². The van der Waals surface area contributed by atoms with Gasteiger partial charge < -0.3 is 25.6 Å². The maximum absolute atomic E-state index is 12.9. The van der Waals surface area contributed by atoms with Crippen molar-refractivity contribution in [2.75, 3.05) is 46.9 Å². The predicted octanol–water partition coefficient (Wildman–Crippen LogP) is 3.49. The smallest absolute Gasteiger partial charge is 0.246 e. The number of likely N-dealkylation sites (N-methyl/N-ethyl adjacent to an activating group) is 1. The molecule has 1 aliphatic carbocycles. The number of ether oxygens (including phenoxy) is 1. The van der Waals surface area contributed by atoms with Crippen LogP contribution in [0.25, 0.3) is 11.6 Å². The van der Waals surface area contributed by atoms with Gasteiger partial charge in [0.1, 0.15) is 6.61 Å². The fourth-order valence-electron chi connectivity index (χ4n) is 5.53. The standard InChI is InChI=1S/C31H39ClN6O3/c1-6-36(4)26(18-33)29(35-27(39)19-41-5)25-16-21-8-7-11-34-28(21)30(23-10-9-22(32)17-24(23)25)37-12-14-38(15-13-37)31(40)20(2)3/h6-11,16-18,20,29-30H,1,12-15,19,33H2,2-5H3,(H,35,39)/b26-18-/t29-,30+/m1/s1. The summed E-state index contributed by atoms with van der Waals surface area (Å²) in [5, 5.41) is 3.67. The third-order valence-electron chi connectivity index (χ3n) is 7.59. The molecule has 1 aliphatic heterocycles. The van der Waals surface area contributed by atoms with Crippen LogP contribution in [0.4, 0.5) is 0 Å². The number of rotatable bonds is 9. The number of carbonyl (C=O) groups is 2. The second kappa shape index (κ2) is 13.3. The Hall–Kier alpha value is -3.66. The zero-order valence-corrected chi connectivity index (χ0v) is 24.9. The van der Waals surface area contributed by atoms with Crippen molar-refractivity contribution in [3.63, 3.8) is 0 Å². The molecular formula is C31H39ClN6O3. The van der Waals surface area contributed by atoms with E-state index in [4.69, 9.17) is 27.1 Å². The van der Waals surface area contributed by atoms with E-state index < -0.39 is 6.04 Å². The van der Waals surface area contributed by atoms with Gasteiger partial charge in [-0.05, 0) is 52.7 Å². The number of fused-ring (bicyclic) bond motifs is 2. The minimum absolute atomic E-state index is 0.0415. The quantitative estimate of drug-likeness (QED) is 0.469. The van der Waals surface area contributed by atoms with Gasteiger partial charge in [-0.25, -0.2) is 0 Å². The van der Waals surface area contributed by atoms with Crippen LogP contribution in [-0.4, -0.2) is 84.5 Å². The summed E-state index contributed by atoms with van der Waals surface area (Å²) in [6, 6.07) is 8.93. The molecule has 0 bridgehead atoms. The molecule has 0 radical (unpaired) electrons. The monoisotopic (exact) mass is 578 g/mol. The van der Waals surface area contributed by atoms with Gasteiger partial charge in [0.05, 0.1) is 23.5 Å². The molecule has 2 heterocycles. The number of amides is 2. The van der Waals surface area contributed by atoms with Gasteiger partial charge in [0, 0.05) is 63.7 Å². The number of halogens is 1. The highest BCUT2D eigenvalue weighted by atomic mass is 35.5. The Balaban J connectivity index is 1.87. The minimum atomic E-state index is -0.643. The van der Waals surface area contributed by atoms with E-state index in [0.29, 0.717) is 36.9 Å². The number of hydrogen-bond acceptors (Lipinski definition) is 7. The predicted molar refractivity (Wildman–Crippen MR) is 162 cm³/mol. The van der Waals surface area contributed by atoms with Crippen LogP contribution in [0.3, 0.4) is 0 Å². The van der Waals surface area contributed by atoms with Gasteiger partial charge in [-0.2, -0.15) is 0 Å². The van der Waals surface area contributed by atoms with E-state index in [1.165, 1.54) is 13.3 Å². The molecule has 1 aromatic carbocycles. The summed E-state index contributed by atoms with van der Waals surface area (Å²) >= 11 is 6.61. The summed E-state index contributed by atoms with van der Waals surface area (Å²) in [5.74, 6) is -0.167. The lowest BCUT2D eigenvalue weighted by molar-refractivity contribution is -0.136. The lowest BCUT2D eigenvalue weighted by Gasteiger charge is -2.40. The molecule has 2 amide bonds. The van der Waals surface area contributed by atoms with Crippen molar-refractivity contribution in [1.82, 2.24) is 25.0 Å². The molecule has 0 spiro atoms. The Morgan fingerprint density at radius 1 is 1.27 bits per heavy atom. The van der Waals surface area contributed by atoms with Crippen LogP contribution in [0.1, 0.15) is 42.3 Å². The Kier molecular flexibility index (Phi) is 9.86. The maximum Gasteiger partial charge on any atom is 0.246 e. The van der Waals surface area contributed by atoms with Crippen molar-refractivity contribution >= 4 is 35.1 Å². The number of nitrogens with zero attached hydrogens (tertiary/aromatic N) is 4. The normalized spacial score (nSPS) is 18.1. The number of benzene rings is 1. The third kappa shape index (κ3) is 6.48. The van der Waals surface area contributed by atoms with Crippen molar-refractivity contribution in [1.29, 1.82) is 0 Å². The first kappa shape index (κ1) is 30.3. The summed E-state index contributed by atoms with van der Waals surface area (Å²) in [6.07, 6.45) is 6.96. The van der Waals surface area contributed by atoms with E-state index in [0.717, 1.165) is 28.0 Å². The fraction of sp³-hybridized carbons (Fsp3) is 0.387. The highest BCUT2D eigenvalue weighted by Gasteiger charge is 2.36. The van der Waals surface area contributed by atoms with Gasteiger partial charge >= 0.3 is 0 Å². The van der Waals surface area contributed by atoms with Crippen LogP contribution in [0, 0.1) is 5.92 Å².